The summed E-state index contributed by atoms with van der Waals surface area (Å²) in [5.41, 5.74) is 0.743. The number of aliphatic hydroxyl groups is 1. The maximum Gasteiger partial charge on any atom is 0.126 e. The Bertz CT molecular complexity index is 300. The molecule has 1 aromatic rings. The Kier molecular flexibility index (Phi) is 6.04. The molecular formula is C13H20FNO. The molecule has 2 N–H and O–H groups in total. The van der Waals surface area contributed by atoms with Crippen LogP contribution in [0.4, 0.5) is 4.39 Å². The standard InChI is InChI=1S/C13H20FNO/c1-2-11(10-16)9-15-8-7-12-5-3-4-6-13(12)14/h3-6,11,15-16H,2,7-10H2,1H3. The third-order valence-corrected chi connectivity index (χ3v) is 2.80. The Morgan fingerprint density at radius 2 is 2.12 bits per heavy atom. The molecule has 0 spiro atoms. The molecule has 0 bridgehead atoms. The summed E-state index contributed by atoms with van der Waals surface area (Å²) in [7, 11) is 0. The van der Waals surface area contributed by atoms with Crippen molar-refractivity contribution in [1.82, 2.24) is 5.32 Å². The van der Waals surface area contributed by atoms with Crippen molar-refractivity contribution in [3.63, 3.8) is 0 Å². The van der Waals surface area contributed by atoms with Gasteiger partial charge in [0.1, 0.15) is 5.82 Å². The number of benzene rings is 1. The van der Waals surface area contributed by atoms with Gasteiger partial charge in [0.2, 0.25) is 0 Å². The fourth-order valence-corrected chi connectivity index (χ4v) is 1.57. The zero-order chi connectivity index (χ0) is 11.8. The molecule has 1 atom stereocenters. The number of nitrogens with one attached hydrogen (secondary N) is 1. The molecular weight excluding hydrogens is 205 g/mol. The third kappa shape index (κ3) is 4.29. The molecule has 0 heterocycles. The van der Waals surface area contributed by atoms with Crippen molar-refractivity contribution in [2.75, 3.05) is 19.7 Å². The molecule has 2 nitrogen and oxygen atoms in total. The Morgan fingerprint density at radius 3 is 2.75 bits per heavy atom. The van der Waals surface area contributed by atoms with Crippen LogP contribution in [0.25, 0.3) is 0 Å². The lowest BCUT2D eigenvalue weighted by Crippen LogP contribution is -2.26. The minimum atomic E-state index is -0.140. The van der Waals surface area contributed by atoms with Crippen LogP contribution in [0.5, 0.6) is 0 Å². The van der Waals surface area contributed by atoms with Crippen molar-refractivity contribution in [2.45, 2.75) is 19.8 Å². The normalized spacial score (nSPS) is 12.7. The summed E-state index contributed by atoms with van der Waals surface area (Å²) in [4.78, 5) is 0. The fourth-order valence-electron chi connectivity index (χ4n) is 1.57. The van der Waals surface area contributed by atoms with E-state index in [0.29, 0.717) is 12.3 Å². The van der Waals surface area contributed by atoms with Gasteiger partial charge in [-0.2, -0.15) is 0 Å². The van der Waals surface area contributed by atoms with Gasteiger partial charge >= 0.3 is 0 Å². The predicted octanol–water partition coefficient (Wildman–Crippen LogP) is 1.98. The Morgan fingerprint density at radius 1 is 1.38 bits per heavy atom. The van der Waals surface area contributed by atoms with Crippen LogP contribution >= 0.6 is 0 Å². The van der Waals surface area contributed by atoms with Crippen LogP contribution in [-0.2, 0) is 6.42 Å². The third-order valence-electron chi connectivity index (χ3n) is 2.80. The number of hydrogen-bond acceptors (Lipinski definition) is 2. The summed E-state index contributed by atoms with van der Waals surface area (Å²) in [5.74, 6) is 0.166. The van der Waals surface area contributed by atoms with Gasteiger partial charge in [-0.1, -0.05) is 25.1 Å². The lowest BCUT2D eigenvalue weighted by Gasteiger charge is -2.12. The minimum absolute atomic E-state index is 0.140. The van der Waals surface area contributed by atoms with E-state index in [2.05, 4.69) is 12.2 Å². The Labute approximate surface area is 96.5 Å². The number of rotatable bonds is 7. The van der Waals surface area contributed by atoms with E-state index in [1.54, 1.807) is 12.1 Å². The van der Waals surface area contributed by atoms with Crippen LogP contribution < -0.4 is 5.32 Å². The average molecular weight is 225 g/mol. The number of hydrogen-bond donors (Lipinski definition) is 2. The molecule has 0 saturated carbocycles. The van der Waals surface area contributed by atoms with Crippen LogP contribution in [0, 0.1) is 11.7 Å². The van der Waals surface area contributed by atoms with Crippen molar-refractivity contribution in [2.24, 2.45) is 5.92 Å². The molecule has 0 fully saturated rings. The lowest BCUT2D eigenvalue weighted by molar-refractivity contribution is 0.219. The van der Waals surface area contributed by atoms with E-state index in [-0.39, 0.29) is 12.4 Å². The van der Waals surface area contributed by atoms with Gasteiger partial charge < -0.3 is 10.4 Å². The molecule has 1 aromatic carbocycles. The van der Waals surface area contributed by atoms with Gasteiger partial charge in [0, 0.05) is 13.2 Å². The van der Waals surface area contributed by atoms with E-state index in [1.807, 2.05) is 6.07 Å². The molecule has 0 amide bonds. The molecule has 90 valence electrons. The van der Waals surface area contributed by atoms with Gasteiger partial charge in [0.05, 0.1) is 0 Å². The zero-order valence-corrected chi connectivity index (χ0v) is 9.75. The highest BCUT2D eigenvalue weighted by molar-refractivity contribution is 5.17. The molecule has 16 heavy (non-hydrogen) atoms. The number of halogens is 1. The van der Waals surface area contributed by atoms with Gasteiger partial charge in [-0.05, 0) is 36.9 Å². The van der Waals surface area contributed by atoms with Gasteiger partial charge in [0.15, 0.2) is 0 Å². The smallest absolute Gasteiger partial charge is 0.126 e. The molecule has 1 unspecified atom stereocenters. The van der Waals surface area contributed by atoms with Crippen LogP contribution in [-0.4, -0.2) is 24.8 Å². The van der Waals surface area contributed by atoms with Crippen LogP contribution in [0.2, 0.25) is 0 Å². The average Bonchev–Trinajstić information content (AvgIpc) is 2.31. The van der Waals surface area contributed by atoms with Crippen molar-refractivity contribution in [3.8, 4) is 0 Å². The summed E-state index contributed by atoms with van der Waals surface area (Å²) in [6.07, 6.45) is 1.65. The van der Waals surface area contributed by atoms with E-state index in [9.17, 15) is 4.39 Å². The second-order valence-electron chi connectivity index (χ2n) is 4.00. The van der Waals surface area contributed by atoms with Crippen LogP contribution in [0.3, 0.4) is 0 Å². The van der Waals surface area contributed by atoms with Crippen molar-refractivity contribution >= 4 is 0 Å². The minimum Gasteiger partial charge on any atom is -0.396 e. The predicted molar refractivity (Wildman–Crippen MR) is 63.8 cm³/mol. The maximum atomic E-state index is 13.2. The van der Waals surface area contributed by atoms with E-state index in [0.717, 1.165) is 25.1 Å². The van der Waals surface area contributed by atoms with Gasteiger partial charge in [-0.15, -0.1) is 0 Å². The lowest BCUT2D eigenvalue weighted by atomic mass is 10.1. The maximum absolute atomic E-state index is 13.2. The largest absolute Gasteiger partial charge is 0.396 e. The van der Waals surface area contributed by atoms with Gasteiger partial charge in [-0.3, -0.25) is 0 Å². The quantitative estimate of drug-likeness (QED) is 0.695. The van der Waals surface area contributed by atoms with E-state index < -0.39 is 0 Å². The summed E-state index contributed by atoms with van der Waals surface area (Å²) >= 11 is 0. The van der Waals surface area contributed by atoms with E-state index in [4.69, 9.17) is 5.11 Å². The first kappa shape index (κ1) is 13.1. The molecule has 0 aliphatic rings. The molecule has 0 aliphatic heterocycles. The molecule has 1 rings (SSSR count). The van der Waals surface area contributed by atoms with Crippen LogP contribution in [0.15, 0.2) is 24.3 Å². The topological polar surface area (TPSA) is 32.3 Å². The first-order chi connectivity index (χ1) is 7.77. The number of aliphatic hydroxyl groups excluding tert-OH is 1. The van der Waals surface area contributed by atoms with Crippen molar-refractivity contribution in [3.05, 3.63) is 35.6 Å². The Balaban J connectivity index is 2.23. The summed E-state index contributed by atoms with van der Waals surface area (Å²) in [6, 6.07) is 6.84. The first-order valence-corrected chi connectivity index (χ1v) is 5.83. The molecule has 0 radical (unpaired) electrons. The highest BCUT2D eigenvalue weighted by Crippen LogP contribution is 2.06. The second kappa shape index (κ2) is 7.36. The molecule has 3 heteroatoms. The summed E-state index contributed by atoms with van der Waals surface area (Å²) in [5, 5.41) is 12.2. The SMILES string of the molecule is CCC(CO)CNCCc1ccccc1F. The van der Waals surface area contributed by atoms with Gasteiger partial charge in [0.25, 0.3) is 0 Å². The van der Waals surface area contributed by atoms with Crippen LogP contribution in [0.1, 0.15) is 18.9 Å². The summed E-state index contributed by atoms with van der Waals surface area (Å²) < 4.78 is 13.2. The molecule has 0 aromatic heterocycles. The van der Waals surface area contributed by atoms with E-state index in [1.165, 1.54) is 6.07 Å². The monoisotopic (exact) mass is 225 g/mol. The highest BCUT2D eigenvalue weighted by Gasteiger charge is 2.04. The van der Waals surface area contributed by atoms with E-state index >= 15 is 0 Å². The van der Waals surface area contributed by atoms with Crippen molar-refractivity contribution < 1.29 is 9.50 Å². The fraction of sp³-hybridized carbons (Fsp3) is 0.538. The second-order valence-corrected chi connectivity index (χ2v) is 4.00. The van der Waals surface area contributed by atoms with Gasteiger partial charge in [-0.25, -0.2) is 4.39 Å². The molecule has 0 aliphatic carbocycles. The van der Waals surface area contributed by atoms with Crippen molar-refractivity contribution in [1.29, 1.82) is 0 Å². The first-order valence-electron chi connectivity index (χ1n) is 5.83. The zero-order valence-electron chi connectivity index (χ0n) is 9.75. The Hall–Kier alpha value is -0.930. The molecule has 0 saturated heterocycles. The summed E-state index contributed by atoms with van der Waals surface area (Å²) in [6.45, 7) is 3.81. The highest BCUT2D eigenvalue weighted by atomic mass is 19.1.